The third-order valence-corrected chi connectivity index (χ3v) is 6.53. The Morgan fingerprint density at radius 1 is 1.00 bits per heavy atom. The summed E-state index contributed by atoms with van der Waals surface area (Å²) in [5.74, 6) is 1.33. The van der Waals surface area contributed by atoms with Crippen LogP contribution in [0.2, 0.25) is 0 Å². The molecule has 1 saturated heterocycles. The Balaban J connectivity index is 1.17. The van der Waals surface area contributed by atoms with E-state index in [0.29, 0.717) is 17.2 Å². The van der Waals surface area contributed by atoms with E-state index in [-0.39, 0.29) is 5.95 Å². The van der Waals surface area contributed by atoms with Gasteiger partial charge < -0.3 is 15.1 Å². The SMILES string of the molecule is Cc1ccc(N2CCN(CCn3ncc4c3nc(N)n3nc(-c5ccco5)nc43)CC2)c(C)c1. The Kier molecular flexibility index (Phi) is 4.95. The zero-order chi connectivity index (χ0) is 23.2. The van der Waals surface area contributed by atoms with Crippen molar-refractivity contribution in [1.29, 1.82) is 0 Å². The summed E-state index contributed by atoms with van der Waals surface area (Å²) in [6, 6.07) is 10.3. The molecular weight excluding hydrogens is 430 g/mol. The van der Waals surface area contributed by atoms with E-state index in [1.165, 1.54) is 16.8 Å². The number of fused-ring (bicyclic) bond motifs is 3. The van der Waals surface area contributed by atoms with E-state index in [9.17, 15) is 0 Å². The highest BCUT2D eigenvalue weighted by Crippen LogP contribution is 2.24. The predicted octanol–water partition coefficient (Wildman–Crippen LogP) is 2.76. The maximum atomic E-state index is 6.21. The van der Waals surface area contributed by atoms with Gasteiger partial charge in [-0.15, -0.1) is 5.10 Å². The monoisotopic (exact) mass is 457 g/mol. The molecule has 0 bridgehead atoms. The molecule has 4 aromatic heterocycles. The lowest BCUT2D eigenvalue weighted by molar-refractivity contribution is 0.245. The largest absolute Gasteiger partial charge is 0.461 e. The van der Waals surface area contributed by atoms with Crippen LogP contribution in [0.4, 0.5) is 11.6 Å². The maximum absolute atomic E-state index is 6.21. The lowest BCUT2D eigenvalue weighted by atomic mass is 10.1. The molecule has 1 fully saturated rings. The fourth-order valence-corrected chi connectivity index (χ4v) is 4.74. The molecule has 0 saturated carbocycles. The Bertz CT molecular complexity index is 1460. The molecule has 0 atom stereocenters. The smallest absolute Gasteiger partial charge is 0.225 e. The minimum atomic E-state index is 0.275. The van der Waals surface area contributed by atoms with Crippen molar-refractivity contribution in [3.63, 3.8) is 0 Å². The zero-order valence-corrected chi connectivity index (χ0v) is 19.3. The normalized spacial score (nSPS) is 15.1. The van der Waals surface area contributed by atoms with Crippen LogP contribution in [0.25, 0.3) is 28.3 Å². The Morgan fingerprint density at radius 2 is 1.85 bits per heavy atom. The van der Waals surface area contributed by atoms with Crippen LogP contribution in [0.15, 0.2) is 47.2 Å². The van der Waals surface area contributed by atoms with Crippen LogP contribution in [0.5, 0.6) is 0 Å². The number of aromatic nitrogens is 6. The zero-order valence-electron chi connectivity index (χ0n) is 19.3. The molecule has 174 valence electrons. The van der Waals surface area contributed by atoms with Crippen LogP contribution in [-0.2, 0) is 6.54 Å². The van der Waals surface area contributed by atoms with Crippen LogP contribution >= 0.6 is 0 Å². The summed E-state index contributed by atoms with van der Waals surface area (Å²) in [5.41, 5.74) is 11.5. The van der Waals surface area contributed by atoms with Gasteiger partial charge in [-0.3, -0.25) is 4.90 Å². The minimum absolute atomic E-state index is 0.275. The van der Waals surface area contributed by atoms with Crippen molar-refractivity contribution >= 4 is 28.3 Å². The second-order valence-electron chi connectivity index (χ2n) is 8.84. The van der Waals surface area contributed by atoms with Crippen molar-refractivity contribution < 1.29 is 4.42 Å². The quantitative estimate of drug-likeness (QED) is 0.429. The van der Waals surface area contributed by atoms with Crippen molar-refractivity contribution in [2.45, 2.75) is 20.4 Å². The van der Waals surface area contributed by atoms with Crippen molar-refractivity contribution in [2.24, 2.45) is 0 Å². The number of nitrogen functional groups attached to an aromatic ring is 1. The van der Waals surface area contributed by atoms with E-state index in [1.807, 2.05) is 10.7 Å². The third-order valence-electron chi connectivity index (χ3n) is 6.53. The molecule has 0 amide bonds. The Labute approximate surface area is 196 Å². The van der Waals surface area contributed by atoms with Gasteiger partial charge in [-0.25, -0.2) is 9.67 Å². The average Bonchev–Trinajstić information content (AvgIpc) is 3.58. The second-order valence-corrected chi connectivity index (χ2v) is 8.84. The number of benzene rings is 1. The van der Waals surface area contributed by atoms with E-state index < -0.39 is 0 Å². The summed E-state index contributed by atoms with van der Waals surface area (Å²) >= 11 is 0. The van der Waals surface area contributed by atoms with E-state index in [1.54, 1.807) is 23.0 Å². The summed E-state index contributed by atoms with van der Waals surface area (Å²) in [6.45, 7) is 10.0. The van der Waals surface area contributed by atoms with E-state index in [0.717, 1.165) is 50.3 Å². The van der Waals surface area contributed by atoms with Crippen LogP contribution in [0.3, 0.4) is 0 Å². The highest BCUT2D eigenvalue weighted by atomic mass is 16.3. The summed E-state index contributed by atoms with van der Waals surface area (Å²) in [7, 11) is 0. The third kappa shape index (κ3) is 3.56. The molecule has 10 heteroatoms. The molecule has 6 rings (SSSR count). The molecule has 10 nitrogen and oxygen atoms in total. The number of rotatable bonds is 5. The van der Waals surface area contributed by atoms with E-state index in [2.05, 4.69) is 62.0 Å². The highest BCUT2D eigenvalue weighted by molar-refractivity contribution is 5.90. The van der Waals surface area contributed by atoms with Crippen LogP contribution in [0, 0.1) is 13.8 Å². The van der Waals surface area contributed by atoms with Gasteiger partial charge in [0.15, 0.2) is 17.1 Å². The fourth-order valence-electron chi connectivity index (χ4n) is 4.74. The molecule has 0 radical (unpaired) electrons. The number of piperazine rings is 1. The Morgan fingerprint density at radius 3 is 2.62 bits per heavy atom. The molecular formula is C24H27N9O. The molecule has 5 aromatic rings. The first-order valence-corrected chi connectivity index (χ1v) is 11.5. The van der Waals surface area contributed by atoms with E-state index >= 15 is 0 Å². The number of furan rings is 1. The van der Waals surface area contributed by atoms with Crippen LogP contribution in [-0.4, -0.2) is 67.0 Å². The summed E-state index contributed by atoms with van der Waals surface area (Å²) in [6.07, 6.45) is 3.38. The van der Waals surface area contributed by atoms with Crippen LogP contribution in [0.1, 0.15) is 11.1 Å². The number of nitrogens with zero attached hydrogens (tertiary/aromatic N) is 8. The minimum Gasteiger partial charge on any atom is -0.461 e. The van der Waals surface area contributed by atoms with Gasteiger partial charge in [0.1, 0.15) is 0 Å². The molecule has 5 heterocycles. The van der Waals surface area contributed by atoms with Gasteiger partial charge >= 0.3 is 0 Å². The second kappa shape index (κ2) is 8.14. The number of aryl methyl sites for hydroxylation is 2. The molecule has 0 spiro atoms. The molecule has 34 heavy (non-hydrogen) atoms. The van der Waals surface area contributed by atoms with Crippen molar-refractivity contribution in [3.8, 4) is 11.6 Å². The maximum Gasteiger partial charge on any atom is 0.225 e. The summed E-state index contributed by atoms with van der Waals surface area (Å²) < 4.78 is 8.88. The molecule has 1 aliphatic rings. The van der Waals surface area contributed by atoms with Crippen LogP contribution < -0.4 is 10.6 Å². The molecule has 0 unspecified atom stereocenters. The van der Waals surface area contributed by atoms with Gasteiger partial charge in [0.2, 0.25) is 11.8 Å². The van der Waals surface area contributed by atoms with E-state index in [4.69, 9.17) is 10.2 Å². The standard InChI is InChI=1S/C24H27N9O/c1-16-5-6-19(17(2)14-16)31-10-7-30(8-11-31)9-12-32-22-18(15-26-32)23-27-21(20-4-3-13-34-20)29-33(23)24(25)28-22/h3-6,13-15H,7-12H2,1-2H3,(H2,25,28). The molecule has 2 N–H and O–H groups in total. The van der Waals surface area contributed by atoms with Gasteiger partial charge in [0.25, 0.3) is 0 Å². The van der Waals surface area contributed by atoms with Gasteiger partial charge in [-0.1, -0.05) is 17.7 Å². The predicted molar refractivity (Wildman–Crippen MR) is 131 cm³/mol. The lowest BCUT2D eigenvalue weighted by Gasteiger charge is -2.36. The average molecular weight is 458 g/mol. The van der Waals surface area contributed by atoms with Crippen molar-refractivity contribution in [1.82, 2.24) is 34.3 Å². The molecule has 1 aliphatic heterocycles. The highest BCUT2D eigenvalue weighted by Gasteiger charge is 2.20. The first-order chi connectivity index (χ1) is 16.6. The van der Waals surface area contributed by atoms with Gasteiger partial charge in [-0.05, 0) is 37.6 Å². The first-order valence-electron chi connectivity index (χ1n) is 11.5. The first kappa shape index (κ1) is 20.7. The topological polar surface area (TPSA) is 107 Å². The summed E-state index contributed by atoms with van der Waals surface area (Å²) in [4.78, 5) is 14.2. The summed E-state index contributed by atoms with van der Waals surface area (Å²) in [5, 5.41) is 9.85. The van der Waals surface area contributed by atoms with Crippen molar-refractivity contribution in [3.05, 3.63) is 53.9 Å². The molecule has 0 aliphatic carbocycles. The Hall–Kier alpha value is -3.92. The number of nitrogens with two attached hydrogens (primary N) is 1. The van der Waals surface area contributed by atoms with Gasteiger partial charge in [0, 0.05) is 38.4 Å². The van der Waals surface area contributed by atoms with Gasteiger partial charge in [0.05, 0.1) is 24.4 Å². The number of hydrogen-bond acceptors (Lipinski definition) is 8. The fraction of sp³-hybridized carbons (Fsp3) is 0.333. The lowest BCUT2D eigenvalue weighted by Crippen LogP contribution is -2.47. The number of anilines is 2. The number of hydrogen-bond donors (Lipinski definition) is 1. The molecule has 1 aromatic carbocycles. The van der Waals surface area contributed by atoms with Gasteiger partial charge in [-0.2, -0.15) is 14.6 Å². The van der Waals surface area contributed by atoms with Crippen molar-refractivity contribution in [2.75, 3.05) is 43.4 Å².